The summed E-state index contributed by atoms with van der Waals surface area (Å²) < 4.78 is 5.39. The normalized spacial score (nSPS) is 14.1. The lowest BCUT2D eigenvalue weighted by Gasteiger charge is -2.28. The van der Waals surface area contributed by atoms with Crippen molar-refractivity contribution < 1.29 is 14.3 Å². The zero-order valence-electron chi connectivity index (χ0n) is 20.4. The summed E-state index contributed by atoms with van der Waals surface area (Å²) in [6, 6.07) is 13.7. The summed E-state index contributed by atoms with van der Waals surface area (Å²) in [5, 5.41) is 3.09. The maximum Gasteiger partial charge on any atom is 0.332 e. The van der Waals surface area contributed by atoms with Crippen molar-refractivity contribution in [2.45, 2.75) is 72.8 Å². The zero-order chi connectivity index (χ0) is 23.7. The van der Waals surface area contributed by atoms with E-state index in [1.165, 1.54) is 0 Å². The molecule has 32 heavy (non-hydrogen) atoms. The van der Waals surface area contributed by atoms with E-state index in [0.717, 1.165) is 40.7 Å². The Morgan fingerprint density at radius 1 is 1.00 bits per heavy atom. The second-order valence-electron chi connectivity index (χ2n) is 7.87. The van der Waals surface area contributed by atoms with Crippen molar-refractivity contribution in [1.82, 2.24) is 5.32 Å². The Morgan fingerprint density at radius 2 is 1.62 bits per heavy atom. The molecule has 0 atom stereocenters. The molecule has 1 aliphatic carbocycles. The molecule has 2 aromatic carbocycles. The van der Waals surface area contributed by atoms with E-state index in [4.69, 9.17) is 4.74 Å². The monoisotopic (exact) mass is 435 g/mol. The van der Waals surface area contributed by atoms with Crippen molar-refractivity contribution >= 4 is 17.4 Å². The molecular formula is C28H37NO3. The number of amides is 1. The number of ether oxygens (including phenoxy) is 1. The van der Waals surface area contributed by atoms with Crippen LogP contribution in [0.5, 0.6) is 0 Å². The van der Waals surface area contributed by atoms with Gasteiger partial charge in [0, 0.05) is 18.4 Å². The van der Waals surface area contributed by atoms with Crippen LogP contribution in [0.2, 0.25) is 0 Å². The number of allylic oxidation sites excluding steroid dienone is 2. The quantitative estimate of drug-likeness (QED) is 0.538. The number of rotatable bonds is 7. The van der Waals surface area contributed by atoms with Crippen molar-refractivity contribution in [2.24, 2.45) is 0 Å². The maximum absolute atomic E-state index is 13.5. The summed E-state index contributed by atoms with van der Waals surface area (Å²) in [6.45, 7) is 12.3. The van der Waals surface area contributed by atoms with Gasteiger partial charge in [-0.1, -0.05) is 70.2 Å². The molecule has 0 saturated heterocycles. The van der Waals surface area contributed by atoms with Crippen LogP contribution in [0, 0.1) is 6.92 Å². The fourth-order valence-corrected chi connectivity index (χ4v) is 4.41. The Kier molecular flexibility index (Phi) is 9.25. The molecule has 1 amide bonds. The van der Waals surface area contributed by atoms with Crippen LogP contribution in [0.1, 0.15) is 80.1 Å². The smallest absolute Gasteiger partial charge is 0.332 e. The molecule has 172 valence electrons. The molecular weight excluding hydrogens is 398 g/mol. The van der Waals surface area contributed by atoms with Crippen LogP contribution >= 0.6 is 0 Å². The molecule has 0 spiro atoms. The van der Waals surface area contributed by atoms with Crippen molar-refractivity contribution in [3.63, 3.8) is 0 Å². The highest BCUT2D eigenvalue weighted by atomic mass is 16.5. The first-order valence-electron chi connectivity index (χ1n) is 11.8. The van der Waals surface area contributed by atoms with Crippen LogP contribution in [0.3, 0.4) is 0 Å². The van der Waals surface area contributed by atoms with Crippen LogP contribution in [0.15, 0.2) is 48.5 Å². The van der Waals surface area contributed by atoms with Gasteiger partial charge in [0.05, 0.1) is 6.61 Å². The summed E-state index contributed by atoms with van der Waals surface area (Å²) in [6.07, 6.45) is 4.81. The second-order valence-corrected chi connectivity index (χ2v) is 7.87. The summed E-state index contributed by atoms with van der Waals surface area (Å²) in [4.78, 5) is 26.5. The van der Waals surface area contributed by atoms with Crippen molar-refractivity contribution in [2.75, 3.05) is 6.61 Å². The molecule has 0 radical (unpaired) electrons. The molecule has 0 heterocycles. The number of carbonyl (C=O) groups is 2. The molecule has 0 saturated carbocycles. The minimum atomic E-state index is -1.07. The molecule has 0 fully saturated rings. The molecule has 0 aromatic heterocycles. The van der Waals surface area contributed by atoms with Gasteiger partial charge >= 0.3 is 5.97 Å². The third kappa shape index (κ3) is 5.29. The van der Waals surface area contributed by atoms with Crippen molar-refractivity contribution in [3.8, 4) is 0 Å². The van der Waals surface area contributed by atoms with Crippen molar-refractivity contribution in [3.05, 3.63) is 76.4 Å². The van der Waals surface area contributed by atoms with Gasteiger partial charge in [-0.2, -0.15) is 0 Å². The number of aryl methyl sites for hydroxylation is 1. The number of esters is 1. The number of fused-ring (bicyclic) bond motifs is 1. The highest BCUT2D eigenvalue weighted by molar-refractivity contribution is 6.02. The van der Waals surface area contributed by atoms with Gasteiger partial charge in [-0.05, 0) is 60.6 Å². The average Bonchev–Trinajstić information content (AvgIpc) is 3.18. The first-order chi connectivity index (χ1) is 15.5. The lowest BCUT2D eigenvalue weighted by Crippen LogP contribution is -2.56. The number of hydrogen-bond acceptors (Lipinski definition) is 3. The third-order valence-corrected chi connectivity index (χ3v) is 5.79. The lowest BCUT2D eigenvalue weighted by molar-refractivity contribution is -0.150. The Balaban J connectivity index is 0.00000176. The molecule has 0 aliphatic heterocycles. The number of nitrogens with one attached hydrogen (secondary N) is 1. The highest BCUT2D eigenvalue weighted by Crippen LogP contribution is 2.33. The van der Waals surface area contributed by atoms with Gasteiger partial charge in [0.15, 0.2) is 0 Å². The van der Waals surface area contributed by atoms with Gasteiger partial charge in [0.2, 0.25) is 0 Å². The zero-order valence-corrected chi connectivity index (χ0v) is 20.4. The first kappa shape index (κ1) is 25.4. The summed E-state index contributed by atoms with van der Waals surface area (Å²) in [5.74, 6) is -0.603. The average molecular weight is 436 g/mol. The first-order valence-corrected chi connectivity index (χ1v) is 11.8. The van der Waals surface area contributed by atoms with Gasteiger partial charge < -0.3 is 10.1 Å². The van der Waals surface area contributed by atoms with Gasteiger partial charge in [-0.15, -0.1) is 0 Å². The van der Waals surface area contributed by atoms with Gasteiger partial charge in [0.1, 0.15) is 5.54 Å². The van der Waals surface area contributed by atoms with E-state index >= 15 is 0 Å². The van der Waals surface area contributed by atoms with E-state index in [1.807, 2.05) is 63.2 Å². The number of benzene rings is 2. The summed E-state index contributed by atoms with van der Waals surface area (Å²) in [7, 11) is 0. The van der Waals surface area contributed by atoms with Gasteiger partial charge in [-0.3, -0.25) is 4.79 Å². The molecule has 3 rings (SSSR count). The largest absolute Gasteiger partial charge is 0.464 e. The van der Waals surface area contributed by atoms with E-state index in [1.54, 1.807) is 6.92 Å². The summed E-state index contributed by atoms with van der Waals surface area (Å²) in [5.41, 5.74) is 4.87. The molecule has 0 bridgehead atoms. The number of carbonyl (C=O) groups excluding carboxylic acids is 2. The molecule has 0 unspecified atom stereocenters. The van der Waals surface area contributed by atoms with Crippen LogP contribution < -0.4 is 5.32 Å². The Hall–Kier alpha value is -2.88. The van der Waals surface area contributed by atoms with Gasteiger partial charge in [0.25, 0.3) is 5.91 Å². The van der Waals surface area contributed by atoms with E-state index in [0.29, 0.717) is 18.4 Å². The number of hydrogen-bond donors (Lipinski definition) is 1. The molecule has 1 N–H and O–H groups in total. The van der Waals surface area contributed by atoms with Crippen LogP contribution in [0.4, 0.5) is 0 Å². The Bertz CT molecular complexity index is 949. The lowest BCUT2D eigenvalue weighted by atomic mass is 9.90. The summed E-state index contributed by atoms with van der Waals surface area (Å²) >= 11 is 0. The van der Waals surface area contributed by atoms with E-state index in [2.05, 4.69) is 25.2 Å². The second kappa shape index (κ2) is 11.7. The van der Waals surface area contributed by atoms with E-state index in [9.17, 15) is 9.59 Å². The standard InChI is InChI=1S/C26H31NO3.C2H6/c1-5-11-19(6-2)23-18(4)12-10-15-22(23)24(28)27-26(25(29)30-7-3)16-20-13-8-9-14-21(20)17-26;1-2/h8-15H,5-7,16-17H2,1-4H3,(H,27,28);1-2H3/b19-11-;. The van der Waals surface area contributed by atoms with Crippen LogP contribution in [-0.4, -0.2) is 24.0 Å². The van der Waals surface area contributed by atoms with E-state index in [-0.39, 0.29) is 18.5 Å². The maximum atomic E-state index is 13.5. The Morgan fingerprint density at radius 3 is 2.16 bits per heavy atom. The molecule has 2 aromatic rings. The predicted octanol–water partition coefficient (Wildman–Crippen LogP) is 6.06. The fraction of sp³-hybridized carbons (Fsp3) is 0.429. The minimum Gasteiger partial charge on any atom is -0.464 e. The van der Waals surface area contributed by atoms with Gasteiger partial charge in [-0.25, -0.2) is 4.79 Å². The molecule has 4 heteroatoms. The Labute approximate surface area is 193 Å². The fourth-order valence-electron chi connectivity index (χ4n) is 4.41. The predicted molar refractivity (Wildman–Crippen MR) is 132 cm³/mol. The van der Waals surface area contributed by atoms with Crippen LogP contribution in [-0.2, 0) is 22.4 Å². The minimum absolute atomic E-state index is 0.231. The topological polar surface area (TPSA) is 55.4 Å². The van der Waals surface area contributed by atoms with Crippen LogP contribution in [0.25, 0.3) is 5.57 Å². The molecule has 4 nitrogen and oxygen atoms in total. The van der Waals surface area contributed by atoms with Crippen molar-refractivity contribution in [1.29, 1.82) is 0 Å². The van der Waals surface area contributed by atoms with E-state index < -0.39 is 5.54 Å². The SMILES string of the molecule is CC.CC/C=C(/CC)c1c(C)cccc1C(=O)NC1(C(=O)OCC)Cc2ccccc2C1. The highest BCUT2D eigenvalue weighted by Gasteiger charge is 2.46. The third-order valence-electron chi connectivity index (χ3n) is 5.79. The molecule has 1 aliphatic rings.